The molecule has 1 amide bonds. The minimum absolute atomic E-state index is 0.261. The first-order valence-electron chi connectivity index (χ1n) is 9.40. The molecule has 0 aliphatic heterocycles. The van der Waals surface area contributed by atoms with Gasteiger partial charge in [0.25, 0.3) is 11.1 Å². The van der Waals surface area contributed by atoms with Crippen molar-refractivity contribution in [2.24, 2.45) is 0 Å². The summed E-state index contributed by atoms with van der Waals surface area (Å²) < 4.78 is 6.82. The Kier molecular flexibility index (Phi) is 5.43. The number of hydrogen-bond acceptors (Lipinski definition) is 4. The van der Waals surface area contributed by atoms with Gasteiger partial charge in [0.15, 0.2) is 0 Å². The van der Waals surface area contributed by atoms with Crippen LogP contribution in [0.5, 0.6) is 11.5 Å². The number of amides is 1. The van der Waals surface area contributed by atoms with Crippen LogP contribution in [0.4, 0.5) is 0 Å². The third-order valence-corrected chi connectivity index (χ3v) is 4.55. The van der Waals surface area contributed by atoms with Gasteiger partial charge in [-0.05, 0) is 42.0 Å². The van der Waals surface area contributed by atoms with Crippen molar-refractivity contribution >= 4 is 16.7 Å². The monoisotopic (exact) mass is 401 g/mol. The number of aromatic amines is 1. The second-order valence-corrected chi connectivity index (χ2v) is 6.72. The van der Waals surface area contributed by atoms with Crippen molar-refractivity contribution in [2.75, 3.05) is 0 Å². The van der Waals surface area contributed by atoms with Crippen LogP contribution in [-0.4, -0.2) is 15.7 Å². The molecule has 7 heteroatoms. The topological polar surface area (TPSA) is 93.2 Å². The Morgan fingerprint density at radius 1 is 0.867 bits per heavy atom. The fraction of sp³-hybridized carbons (Fsp3) is 0.0870. The quantitative estimate of drug-likeness (QED) is 0.520. The van der Waals surface area contributed by atoms with Crippen molar-refractivity contribution in [3.8, 4) is 11.5 Å². The van der Waals surface area contributed by atoms with Gasteiger partial charge in [0, 0.05) is 6.54 Å². The van der Waals surface area contributed by atoms with E-state index in [2.05, 4.69) is 10.4 Å². The van der Waals surface area contributed by atoms with E-state index >= 15 is 0 Å². The molecule has 0 aliphatic carbocycles. The molecule has 4 aromatic rings. The number of nitrogens with zero attached hydrogens (tertiary/aromatic N) is 1. The zero-order valence-corrected chi connectivity index (χ0v) is 16.0. The molecule has 2 N–H and O–H groups in total. The SMILES string of the molecule is O=C(Cn1[nH]c(=O)c2ccccc2c1=O)NCc1cccc(Oc2ccccc2)c1. The van der Waals surface area contributed by atoms with Gasteiger partial charge in [0.2, 0.25) is 5.91 Å². The van der Waals surface area contributed by atoms with Crippen LogP contribution < -0.4 is 21.2 Å². The number of para-hydroxylation sites is 1. The van der Waals surface area contributed by atoms with Gasteiger partial charge in [-0.2, -0.15) is 0 Å². The first-order chi connectivity index (χ1) is 14.6. The van der Waals surface area contributed by atoms with E-state index in [1.807, 2.05) is 54.6 Å². The average Bonchev–Trinajstić information content (AvgIpc) is 2.77. The van der Waals surface area contributed by atoms with Crippen LogP contribution in [0.25, 0.3) is 10.8 Å². The number of carbonyl (C=O) groups excluding carboxylic acids is 1. The number of aromatic nitrogens is 2. The van der Waals surface area contributed by atoms with Crippen molar-refractivity contribution in [3.63, 3.8) is 0 Å². The second-order valence-electron chi connectivity index (χ2n) is 6.72. The van der Waals surface area contributed by atoms with Crippen molar-refractivity contribution in [1.82, 2.24) is 15.1 Å². The molecule has 30 heavy (non-hydrogen) atoms. The number of benzene rings is 3. The zero-order chi connectivity index (χ0) is 20.9. The Morgan fingerprint density at radius 2 is 1.57 bits per heavy atom. The van der Waals surface area contributed by atoms with E-state index < -0.39 is 17.0 Å². The molecule has 7 nitrogen and oxygen atoms in total. The summed E-state index contributed by atoms with van der Waals surface area (Å²) in [5, 5.41) is 5.79. The van der Waals surface area contributed by atoms with Gasteiger partial charge in [-0.25, -0.2) is 4.68 Å². The lowest BCUT2D eigenvalue weighted by molar-refractivity contribution is -0.122. The van der Waals surface area contributed by atoms with Crippen LogP contribution in [0.1, 0.15) is 5.56 Å². The zero-order valence-electron chi connectivity index (χ0n) is 16.0. The van der Waals surface area contributed by atoms with Gasteiger partial charge in [-0.15, -0.1) is 0 Å². The van der Waals surface area contributed by atoms with Gasteiger partial charge in [0.05, 0.1) is 10.8 Å². The molecular formula is C23H19N3O4. The Labute approximate surface area is 171 Å². The minimum Gasteiger partial charge on any atom is -0.457 e. The number of rotatable bonds is 6. The maximum atomic E-state index is 12.5. The van der Waals surface area contributed by atoms with Gasteiger partial charge in [-0.3, -0.25) is 19.5 Å². The minimum atomic E-state index is -0.418. The Hall–Kier alpha value is -4.13. The van der Waals surface area contributed by atoms with Crippen molar-refractivity contribution < 1.29 is 9.53 Å². The molecule has 0 radical (unpaired) electrons. The van der Waals surface area contributed by atoms with Crippen molar-refractivity contribution in [3.05, 3.63) is 105 Å². The molecule has 0 unspecified atom stereocenters. The number of H-pyrrole nitrogens is 1. The van der Waals surface area contributed by atoms with E-state index in [0.29, 0.717) is 11.1 Å². The number of nitrogens with one attached hydrogen (secondary N) is 2. The molecule has 3 aromatic carbocycles. The molecule has 1 heterocycles. The van der Waals surface area contributed by atoms with Gasteiger partial charge in [0.1, 0.15) is 18.0 Å². The predicted octanol–water partition coefficient (Wildman–Crippen LogP) is 2.80. The summed E-state index contributed by atoms with van der Waals surface area (Å²) in [5.74, 6) is 0.985. The van der Waals surface area contributed by atoms with Crippen LogP contribution in [0, 0.1) is 0 Å². The van der Waals surface area contributed by atoms with Crippen LogP contribution in [0.3, 0.4) is 0 Å². The third kappa shape index (κ3) is 4.30. The van der Waals surface area contributed by atoms with Gasteiger partial charge in [-0.1, -0.05) is 42.5 Å². The van der Waals surface area contributed by atoms with Gasteiger partial charge < -0.3 is 10.1 Å². The molecule has 1 aromatic heterocycles. The standard InChI is InChI=1S/C23H19N3O4/c27-21(15-26-23(29)20-12-5-4-11-19(20)22(28)25-26)24-14-16-7-6-10-18(13-16)30-17-8-2-1-3-9-17/h1-13H,14-15H2,(H,24,27)(H,25,28). The van der Waals surface area contributed by atoms with Gasteiger partial charge >= 0.3 is 0 Å². The summed E-state index contributed by atoms with van der Waals surface area (Å²) in [5.41, 5.74) is 0.0125. The summed E-state index contributed by atoms with van der Waals surface area (Å²) in [6, 6.07) is 23.3. The fourth-order valence-electron chi connectivity index (χ4n) is 3.10. The molecule has 0 spiro atoms. The molecule has 150 valence electrons. The normalized spacial score (nSPS) is 10.7. The molecule has 0 fully saturated rings. The first kappa shape index (κ1) is 19.2. The Balaban J connectivity index is 1.43. The molecule has 0 saturated carbocycles. The highest BCUT2D eigenvalue weighted by Gasteiger charge is 2.10. The molecule has 0 atom stereocenters. The summed E-state index contributed by atoms with van der Waals surface area (Å²) in [7, 11) is 0. The molecule has 0 aliphatic rings. The van der Waals surface area contributed by atoms with E-state index in [9.17, 15) is 14.4 Å². The highest BCUT2D eigenvalue weighted by molar-refractivity contribution is 5.81. The molecule has 0 bridgehead atoms. The highest BCUT2D eigenvalue weighted by atomic mass is 16.5. The summed E-state index contributed by atoms with van der Waals surface area (Å²) in [4.78, 5) is 37.0. The van der Waals surface area contributed by atoms with Crippen LogP contribution in [0.2, 0.25) is 0 Å². The maximum absolute atomic E-state index is 12.5. The van der Waals surface area contributed by atoms with E-state index in [4.69, 9.17) is 4.74 Å². The molecule has 4 rings (SSSR count). The summed E-state index contributed by atoms with van der Waals surface area (Å²) >= 11 is 0. The third-order valence-electron chi connectivity index (χ3n) is 4.55. The smallest absolute Gasteiger partial charge is 0.273 e. The predicted molar refractivity (Wildman–Crippen MR) is 114 cm³/mol. The van der Waals surface area contributed by atoms with Crippen LogP contribution in [0.15, 0.2) is 88.5 Å². The summed E-state index contributed by atoms with van der Waals surface area (Å²) in [6.07, 6.45) is 0. The lowest BCUT2D eigenvalue weighted by Crippen LogP contribution is -2.36. The molecular weight excluding hydrogens is 382 g/mol. The number of fused-ring (bicyclic) bond motifs is 1. The van der Waals surface area contributed by atoms with Crippen molar-refractivity contribution in [1.29, 1.82) is 0 Å². The van der Waals surface area contributed by atoms with Crippen molar-refractivity contribution in [2.45, 2.75) is 13.1 Å². The first-order valence-corrected chi connectivity index (χ1v) is 9.40. The maximum Gasteiger partial charge on any atom is 0.273 e. The number of carbonyl (C=O) groups is 1. The van der Waals surface area contributed by atoms with E-state index in [-0.39, 0.29) is 18.5 Å². The van der Waals surface area contributed by atoms with E-state index in [1.165, 1.54) is 0 Å². The Bertz CT molecular complexity index is 1310. The second kappa shape index (κ2) is 8.48. The van der Waals surface area contributed by atoms with Crippen LogP contribution in [-0.2, 0) is 17.9 Å². The molecule has 0 saturated heterocycles. The Morgan fingerprint density at radius 3 is 2.37 bits per heavy atom. The summed E-state index contributed by atoms with van der Waals surface area (Å²) in [6.45, 7) is -0.0174. The highest BCUT2D eigenvalue weighted by Crippen LogP contribution is 2.21. The number of hydrogen-bond donors (Lipinski definition) is 2. The number of ether oxygens (including phenoxy) is 1. The lowest BCUT2D eigenvalue weighted by atomic mass is 10.2. The van der Waals surface area contributed by atoms with E-state index in [1.54, 1.807) is 24.3 Å². The largest absolute Gasteiger partial charge is 0.457 e. The lowest BCUT2D eigenvalue weighted by Gasteiger charge is -2.10. The van der Waals surface area contributed by atoms with E-state index in [0.717, 1.165) is 16.0 Å². The average molecular weight is 401 g/mol. The fourth-order valence-corrected chi connectivity index (χ4v) is 3.10. The van der Waals surface area contributed by atoms with Crippen LogP contribution >= 0.6 is 0 Å².